The van der Waals surface area contributed by atoms with Crippen molar-refractivity contribution in [2.75, 3.05) is 11.9 Å². The molecule has 1 aliphatic rings. The largest absolute Gasteiger partial charge is 0.451 e. The molecule has 55 heavy (non-hydrogen) atoms. The van der Waals surface area contributed by atoms with Crippen molar-refractivity contribution < 1.29 is 55.0 Å². The normalized spacial score (nSPS) is 18.5. The highest BCUT2D eigenvalue weighted by Crippen LogP contribution is 2.46. The summed E-state index contributed by atoms with van der Waals surface area (Å²) in [7, 11) is -11.3. The number of carbonyl (C=O) groups excluding carboxylic acids is 4. The fraction of sp³-hybridized carbons (Fsp3) is 0.474. The fourth-order valence-corrected chi connectivity index (χ4v) is 21.3. The second-order valence-electron chi connectivity index (χ2n) is 14.6. The number of fused-ring (bicyclic) bond motifs is 1. The van der Waals surface area contributed by atoms with Gasteiger partial charge in [0.2, 0.25) is 6.29 Å². The molecular formula is C38H49NO12S3Si. The van der Waals surface area contributed by atoms with E-state index in [1.54, 1.807) is 6.92 Å². The molecule has 3 aromatic rings. The van der Waals surface area contributed by atoms with Crippen LogP contribution in [0, 0.1) is 0 Å². The van der Waals surface area contributed by atoms with Crippen LogP contribution in [0.5, 0.6) is 0 Å². The summed E-state index contributed by atoms with van der Waals surface area (Å²) >= 11 is 0.703. The van der Waals surface area contributed by atoms with Gasteiger partial charge in [-0.15, -0.1) is 11.3 Å². The molecule has 0 saturated heterocycles. The maximum Gasteiger partial charge on any atom is 0.413 e. The summed E-state index contributed by atoms with van der Waals surface area (Å²) in [4.78, 5) is 50.8. The lowest BCUT2D eigenvalue weighted by Gasteiger charge is -2.43. The number of hydrogen-bond donors (Lipinski definition) is 0. The Balaban J connectivity index is 1.65. The smallest absolute Gasteiger partial charge is 0.413 e. The van der Waals surface area contributed by atoms with Gasteiger partial charge in [0.15, 0.2) is 31.9 Å². The SMILES string of the molecule is CCN(C(=O)OC(C)OC(=O)[C@H](C)OC(=O)[C@H](C)OC(C)=O)[C@H]1C[C@H](C)S(=O)(=O)c2sc(S(=O)(=O)C[Si](c3ccccc3)(c3ccccc3)C(C)(C)C)cc21. The van der Waals surface area contributed by atoms with Crippen LogP contribution >= 0.6 is 11.3 Å². The van der Waals surface area contributed by atoms with E-state index in [9.17, 15) is 36.0 Å². The van der Waals surface area contributed by atoms with E-state index in [4.69, 9.17) is 18.9 Å². The first-order chi connectivity index (χ1) is 25.6. The first kappa shape index (κ1) is 43.7. The average molecular weight is 836 g/mol. The molecule has 5 atom stereocenters. The summed E-state index contributed by atoms with van der Waals surface area (Å²) in [6, 6.07) is 19.7. The van der Waals surface area contributed by atoms with Crippen molar-refractivity contribution in [1.82, 2.24) is 4.90 Å². The Bertz CT molecular complexity index is 2060. The summed E-state index contributed by atoms with van der Waals surface area (Å²) in [5.41, 5.74) is 0.176. The molecule has 0 N–H and O–H groups in total. The zero-order chi connectivity index (χ0) is 41.1. The number of ether oxygens (including phenoxy) is 4. The van der Waals surface area contributed by atoms with Crippen LogP contribution < -0.4 is 10.4 Å². The molecule has 1 amide bonds. The van der Waals surface area contributed by atoms with E-state index < -0.39 is 86.6 Å². The van der Waals surface area contributed by atoms with Gasteiger partial charge in [0, 0.05) is 26.0 Å². The number of sulfone groups is 2. The van der Waals surface area contributed by atoms with Gasteiger partial charge in [-0.2, -0.15) is 0 Å². The molecule has 0 fully saturated rings. The molecule has 2 heterocycles. The van der Waals surface area contributed by atoms with Gasteiger partial charge in [-0.3, -0.25) is 4.79 Å². The number of benzene rings is 2. The quantitative estimate of drug-likeness (QED) is 0.0981. The van der Waals surface area contributed by atoms with Gasteiger partial charge in [-0.1, -0.05) is 91.8 Å². The van der Waals surface area contributed by atoms with E-state index in [2.05, 4.69) is 0 Å². The molecule has 0 bridgehead atoms. The van der Waals surface area contributed by atoms with Gasteiger partial charge in [0.05, 0.1) is 16.7 Å². The van der Waals surface area contributed by atoms with Crippen LogP contribution in [-0.2, 0) is 53.0 Å². The minimum Gasteiger partial charge on any atom is -0.451 e. The van der Waals surface area contributed by atoms with E-state index in [1.165, 1.54) is 38.7 Å². The van der Waals surface area contributed by atoms with Crippen LogP contribution in [0.25, 0.3) is 0 Å². The summed E-state index contributed by atoms with van der Waals surface area (Å²) in [6.07, 6.45) is -5.14. The maximum atomic E-state index is 14.7. The molecule has 2 aromatic carbocycles. The minimum atomic E-state index is -4.13. The van der Waals surface area contributed by atoms with Crippen molar-refractivity contribution in [2.24, 2.45) is 0 Å². The molecular weight excluding hydrogens is 787 g/mol. The number of rotatable bonds is 13. The van der Waals surface area contributed by atoms with Crippen LogP contribution in [0.15, 0.2) is 75.1 Å². The molecule has 0 radical (unpaired) electrons. The van der Waals surface area contributed by atoms with E-state index in [-0.39, 0.29) is 32.3 Å². The minimum absolute atomic E-state index is 0.0368. The molecule has 4 rings (SSSR count). The number of amides is 1. The molecule has 1 aliphatic heterocycles. The number of thiophene rings is 1. The van der Waals surface area contributed by atoms with Crippen LogP contribution in [0.4, 0.5) is 4.79 Å². The third-order valence-corrected chi connectivity index (χ3v) is 23.6. The lowest BCUT2D eigenvalue weighted by Crippen LogP contribution is -2.68. The fourth-order valence-electron chi connectivity index (χ4n) is 6.82. The van der Waals surface area contributed by atoms with Gasteiger partial charge in [-0.25, -0.2) is 31.2 Å². The maximum absolute atomic E-state index is 14.7. The summed E-state index contributed by atoms with van der Waals surface area (Å²) in [5.74, 6) is -2.74. The highest BCUT2D eigenvalue weighted by atomic mass is 32.3. The summed E-state index contributed by atoms with van der Waals surface area (Å²) in [5, 5.41) is 0.176. The van der Waals surface area contributed by atoms with Gasteiger partial charge >= 0.3 is 24.0 Å². The topological polar surface area (TPSA) is 177 Å². The lowest BCUT2D eigenvalue weighted by atomic mass is 10.0. The van der Waals surface area contributed by atoms with Crippen molar-refractivity contribution in [3.63, 3.8) is 0 Å². The molecule has 0 spiro atoms. The summed E-state index contributed by atoms with van der Waals surface area (Å²) in [6.45, 7) is 14.2. The van der Waals surface area contributed by atoms with Crippen molar-refractivity contribution >= 4 is 73.5 Å². The molecule has 13 nitrogen and oxygen atoms in total. The molecule has 300 valence electrons. The summed E-state index contributed by atoms with van der Waals surface area (Å²) < 4.78 is 77.1. The van der Waals surface area contributed by atoms with E-state index in [1.807, 2.05) is 81.4 Å². The first-order valence-electron chi connectivity index (χ1n) is 17.8. The van der Waals surface area contributed by atoms with E-state index in [0.717, 1.165) is 17.3 Å². The zero-order valence-corrected chi connectivity index (χ0v) is 35.9. The highest BCUT2D eigenvalue weighted by Gasteiger charge is 2.52. The van der Waals surface area contributed by atoms with Gasteiger partial charge in [-0.05, 0) is 45.2 Å². The Morgan fingerprint density at radius 3 is 1.87 bits per heavy atom. The molecule has 0 aliphatic carbocycles. The molecule has 17 heteroatoms. The standard InChI is InChI=1S/C38H49NO12S3Si/c1-10-39(37(43)51-28(6)50-35(42)26(4)49-34(41)25(3)48-27(5)40)32-21-24(2)54(46,47)36-31(32)22-33(52-36)53(44,45)23-55(38(7,8)9,29-17-13-11-14-18-29)30-19-15-12-16-20-30/h11-20,22,24-26,28,32H,10,21,23H2,1-9H3/t24-,25-,26-,28?,32-/m0/s1. The third-order valence-electron chi connectivity index (χ3n) is 9.73. The molecule has 1 aromatic heterocycles. The van der Waals surface area contributed by atoms with Gasteiger partial charge in [0.25, 0.3) is 0 Å². The Morgan fingerprint density at radius 2 is 1.38 bits per heavy atom. The Hall–Kier alpha value is -4.06. The second-order valence-corrected chi connectivity index (χ2v) is 25.7. The van der Waals surface area contributed by atoms with Crippen LogP contribution in [0.3, 0.4) is 0 Å². The zero-order valence-electron chi connectivity index (χ0n) is 32.4. The number of hydrogen-bond acceptors (Lipinski definition) is 13. The average Bonchev–Trinajstić information content (AvgIpc) is 3.58. The van der Waals surface area contributed by atoms with Crippen molar-refractivity contribution in [1.29, 1.82) is 0 Å². The van der Waals surface area contributed by atoms with Gasteiger partial charge in [0.1, 0.15) is 16.5 Å². The van der Waals surface area contributed by atoms with E-state index in [0.29, 0.717) is 11.3 Å². The van der Waals surface area contributed by atoms with Crippen LogP contribution in [0.1, 0.15) is 80.3 Å². The van der Waals surface area contributed by atoms with Crippen LogP contribution in [-0.4, -0.2) is 89.5 Å². The van der Waals surface area contributed by atoms with Crippen LogP contribution in [0.2, 0.25) is 5.04 Å². The van der Waals surface area contributed by atoms with Crippen molar-refractivity contribution in [2.45, 2.75) is 112 Å². The Morgan fingerprint density at radius 1 is 0.873 bits per heavy atom. The molecule has 0 saturated carbocycles. The predicted molar refractivity (Wildman–Crippen MR) is 209 cm³/mol. The number of esters is 3. The van der Waals surface area contributed by atoms with Crippen molar-refractivity contribution in [3.8, 4) is 0 Å². The first-order valence-corrected chi connectivity index (χ1v) is 24.1. The molecule has 1 unspecified atom stereocenters. The Labute approximate surface area is 328 Å². The van der Waals surface area contributed by atoms with Crippen molar-refractivity contribution in [3.05, 3.63) is 72.3 Å². The predicted octanol–water partition coefficient (Wildman–Crippen LogP) is 4.96. The monoisotopic (exact) mass is 835 g/mol. The number of carbonyl (C=O) groups is 4. The number of nitrogens with zero attached hydrogens (tertiary/aromatic N) is 1. The Kier molecular flexibility index (Phi) is 13.5. The van der Waals surface area contributed by atoms with Gasteiger partial charge < -0.3 is 23.8 Å². The lowest BCUT2D eigenvalue weighted by molar-refractivity contribution is -0.186. The third kappa shape index (κ3) is 9.32. The highest BCUT2D eigenvalue weighted by molar-refractivity contribution is 7.97. The second kappa shape index (κ2) is 17.0. The van der Waals surface area contributed by atoms with E-state index >= 15 is 0 Å².